The zero-order chi connectivity index (χ0) is 25.9. The van der Waals surface area contributed by atoms with Gasteiger partial charge in [-0.2, -0.15) is 10.5 Å². The number of aromatic nitrogens is 1. The number of esters is 1. The van der Waals surface area contributed by atoms with E-state index in [-0.39, 0.29) is 34.6 Å². The maximum absolute atomic E-state index is 13.3. The summed E-state index contributed by atoms with van der Waals surface area (Å²) in [7, 11) is 0. The van der Waals surface area contributed by atoms with Crippen LogP contribution in [0.25, 0.3) is 0 Å². The molecule has 0 fully saturated rings. The van der Waals surface area contributed by atoms with E-state index in [0.717, 1.165) is 21.3 Å². The third-order valence-electron chi connectivity index (χ3n) is 5.68. The first-order chi connectivity index (χ1) is 16.6. The van der Waals surface area contributed by atoms with Crippen molar-refractivity contribution in [3.05, 3.63) is 79.5 Å². The molecule has 1 unspecified atom stereocenters. The number of benzene rings is 1. The van der Waals surface area contributed by atoms with Crippen LogP contribution in [-0.4, -0.2) is 22.8 Å². The Balaban J connectivity index is 2.13. The van der Waals surface area contributed by atoms with Crippen LogP contribution in [0.3, 0.4) is 0 Å². The van der Waals surface area contributed by atoms with Crippen LogP contribution in [0.1, 0.15) is 47.7 Å². The van der Waals surface area contributed by atoms with E-state index < -0.39 is 11.9 Å². The second kappa shape index (κ2) is 11.0. The number of nitrogens with zero attached hydrogens (tertiary/aromatic N) is 3. The standard InChI is InChI=1S/C26H25BrN4O3S/c1-13(2)33-26(32)23-21(12-35-25-19(10-28)15(4)14(3)16(5)31-25)34-24(30)20(11-29)22(23)17-6-8-18(27)9-7-17/h6-9,13,22H,12,30H2,1-5H3. The van der Waals surface area contributed by atoms with Crippen molar-refractivity contribution in [3.8, 4) is 12.1 Å². The van der Waals surface area contributed by atoms with Crippen LogP contribution in [0, 0.1) is 43.4 Å². The van der Waals surface area contributed by atoms with E-state index in [1.807, 2.05) is 45.0 Å². The van der Waals surface area contributed by atoms with Gasteiger partial charge in [0.1, 0.15) is 28.5 Å². The molecule has 0 aliphatic carbocycles. The smallest absolute Gasteiger partial charge is 0.338 e. The Morgan fingerprint density at radius 1 is 1.20 bits per heavy atom. The highest BCUT2D eigenvalue weighted by atomic mass is 79.9. The summed E-state index contributed by atoms with van der Waals surface area (Å²) in [5, 5.41) is 20.1. The highest BCUT2D eigenvalue weighted by molar-refractivity contribution is 9.10. The molecule has 0 radical (unpaired) electrons. The van der Waals surface area contributed by atoms with Crippen molar-refractivity contribution in [1.82, 2.24) is 4.98 Å². The number of hydrogen-bond donors (Lipinski definition) is 1. The van der Waals surface area contributed by atoms with Crippen molar-refractivity contribution in [2.45, 2.75) is 51.7 Å². The van der Waals surface area contributed by atoms with Crippen molar-refractivity contribution in [1.29, 1.82) is 10.5 Å². The maximum Gasteiger partial charge on any atom is 0.338 e. The van der Waals surface area contributed by atoms with Gasteiger partial charge in [-0.05, 0) is 63.4 Å². The van der Waals surface area contributed by atoms with Gasteiger partial charge in [-0.25, -0.2) is 9.78 Å². The normalized spacial score (nSPS) is 15.5. The molecular formula is C26H25BrN4O3S. The van der Waals surface area contributed by atoms with Crippen LogP contribution < -0.4 is 5.73 Å². The van der Waals surface area contributed by atoms with E-state index in [2.05, 4.69) is 33.1 Å². The lowest BCUT2D eigenvalue weighted by Gasteiger charge is -2.28. The van der Waals surface area contributed by atoms with Crippen molar-refractivity contribution in [3.63, 3.8) is 0 Å². The Hall–Kier alpha value is -3.27. The molecule has 35 heavy (non-hydrogen) atoms. The van der Waals surface area contributed by atoms with E-state index in [0.29, 0.717) is 16.2 Å². The monoisotopic (exact) mass is 552 g/mol. The van der Waals surface area contributed by atoms with Crippen LogP contribution in [0.4, 0.5) is 0 Å². The van der Waals surface area contributed by atoms with Gasteiger partial charge in [0.25, 0.3) is 0 Å². The van der Waals surface area contributed by atoms with Crippen molar-refractivity contribution < 1.29 is 14.3 Å². The van der Waals surface area contributed by atoms with Crippen LogP contribution in [-0.2, 0) is 14.3 Å². The quantitative estimate of drug-likeness (QED) is 0.370. The van der Waals surface area contributed by atoms with Gasteiger partial charge in [0.2, 0.25) is 5.88 Å². The predicted octanol–water partition coefficient (Wildman–Crippen LogP) is 5.45. The average molecular weight is 553 g/mol. The molecule has 1 aliphatic rings. The molecule has 2 heterocycles. The fourth-order valence-electron chi connectivity index (χ4n) is 3.70. The summed E-state index contributed by atoms with van der Waals surface area (Å²) < 4.78 is 12.2. The van der Waals surface area contributed by atoms with E-state index in [1.165, 1.54) is 11.8 Å². The Kier molecular flexibility index (Phi) is 8.26. The first-order valence-electron chi connectivity index (χ1n) is 10.9. The molecule has 9 heteroatoms. The number of nitriles is 2. The topological polar surface area (TPSA) is 122 Å². The van der Waals surface area contributed by atoms with Gasteiger partial charge in [0.15, 0.2) is 0 Å². The fourth-order valence-corrected chi connectivity index (χ4v) is 4.99. The number of pyridine rings is 1. The molecule has 0 saturated heterocycles. The minimum Gasteiger partial charge on any atom is -0.459 e. The SMILES string of the molecule is Cc1nc(SCC2=C(C(=O)OC(C)C)C(c3ccc(Br)cc3)C(C#N)=C(N)O2)c(C#N)c(C)c1C. The molecule has 1 atom stereocenters. The molecule has 0 spiro atoms. The van der Waals surface area contributed by atoms with Crippen molar-refractivity contribution in [2.75, 3.05) is 5.75 Å². The minimum absolute atomic E-state index is 0.0677. The summed E-state index contributed by atoms with van der Waals surface area (Å²) in [5.74, 6) is -0.978. The second-order valence-corrected chi connectivity index (χ2v) is 10.2. The van der Waals surface area contributed by atoms with Crippen LogP contribution in [0.5, 0.6) is 0 Å². The molecule has 2 N–H and O–H groups in total. The lowest BCUT2D eigenvalue weighted by Crippen LogP contribution is -2.28. The number of aryl methyl sites for hydroxylation is 1. The van der Waals surface area contributed by atoms with Crippen molar-refractivity contribution in [2.24, 2.45) is 5.73 Å². The van der Waals surface area contributed by atoms with Gasteiger partial charge in [-0.15, -0.1) is 0 Å². The highest BCUT2D eigenvalue weighted by Gasteiger charge is 2.38. The lowest BCUT2D eigenvalue weighted by molar-refractivity contribution is -0.143. The number of nitrogens with two attached hydrogens (primary N) is 1. The highest BCUT2D eigenvalue weighted by Crippen LogP contribution is 2.41. The largest absolute Gasteiger partial charge is 0.459 e. The maximum atomic E-state index is 13.3. The first kappa shape index (κ1) is 26.3. The molecule has 0 amide bonds. The molecule has 1 aromatic carbocycles. The third-order valence-corrected chi connectivity index (χ3v) is 7.18. The molecular weight excluding hydrogens is 528 g/mol. The summed E-state index contributed by atoms with van der Waals surface area (Å²) in [6.45, 7) is 9.21. The number of hydrogen-bond acceptors (Lipinski definition) is 8. The minimum atomic E-state index is -0.756. The van der Waals surface area contributed by atoms with E-state index in [1.54, 1.807) is 13.8 Å². The first-order valence-corrected chi connectivity index (χ1v) is 12.6. The van der Waals surface area contributed by atoms with Gasteiger partial charge in [-0.1, -0.05) is 39.8 Å². The Morgan fingerprint density at radius 2 is 1.86 bits per heavy atom. The molecule has 2 aromatic rings. The molecule has 1 aliphatic heterocycles. The van der Waals surface area contributed by atoms with Crippen LogP contribution >= 0.6 is 27.7 Å². The lowest BCUT2D eigenvalue weighted by atomic mass is 9.83. The number of ether oxygens (including phenoxy) is 2. The predicted molar refractivity (Wildman–Crippen MR) is 137 cm³/mol. The van der Waals surface area contributed by atoms with Gasteiger partial charge in [0, 0.05) is 10.2 Å². The second-order valence-electron chi connectivity index (χ2n) is 8.30. The molecule has 0 saturated carbocycles. The van der Waals surface area contributed by atoms with Gasteiger partial charge in [-0.3, -0.25) is 0 Å². The van der Waals surface area contributed by atoms with Gasteiger partial charge < -0.3 is 15.2 Å². The number of carbonyl (C=O) groups excluding carboxylic acids is 1. The third kappa shape index (κ3) is 5.53. The Bertz CT molecular complexity index is 1320. The fraction of sp³-hybridized carbons (Fsp3) is 0.308. The number of carbonyl (C=O) groups is 1. The number of thioether (sulfide) groups is 1. The zero-order valence-corrected chi connectivity index (χ0v) is 22.5. The summed E-state index contributed by atoms with van der Waals surface area (Å²) in [6.07, 6.45) is -0.377. The summed E-state index contributed by atoms with van der Waals surface area (Å²) in [4.78, 5) is 17.9. The van der Waals surface area contributed by atoms with Gasteiger partial charge in [0.05, 0.1) is 28.9 Å². The van der Waals surface area contributed by atoms with E-state index in [9.17, 15) is 15.3 Å². The number of rotatable bonds is 6. The number of allylic oxidation sites excluding steroid dienone is 1. The molecule has 1 aromatic heterocycles. The summed E-state index contributed by atoms with van der Waals surface area (Å²) in [6, 6.07) is 11.6. The zero-order valence-electron chi connectivity index (χ0n) is 20.1. The Labute approximate surface area is 217 Å². The average Bonchev–Trinajstić information content (AvgIpc) is 2.80. The molecule has 0 bridgehead atoms. The molecule has 3 rings (SSSR count). The summed E-state index contributed by atoms with van der Waals surface area (Å²) >= 11 is 4.69. The molecule has 180 valence electrons. The van der Waals surface area contributed by atoms with Crippen LogP contribution in [0.15, 0.2) is 56.6 Å². The number of halogens is 1. The van der Waals surface area contributed by atoms with E-state index >= 15 is 0 Å². The van der Waals surface area contributed by atoms with Crippen molar-refractivity contribution >= 4 is 33.7 Å². The molecule has 7 nitrogen and oxygen atoms in total. The van der Waals surface area contributed by atoms with Gasteiger partial charge >= 0.3 is 5.97 Å². The van der Waals surface area contributed by atoms with E-state index in [4.69, 9.17) is 15.2 Å². The van der Waals surface area contributed by atoms with Crippen LogP contribution in [0.2, 0.25) is 0 Å². The Morgan fingerprint density at radius 3 is 2.43 bits per heavy atom. The summed E-state index contributed by atoms with van der Waals surface area (Å²) in [5.41, 5.74) is 10.3.